The minimum Gasteiger partial charge on any atom is -0.550 e. The Morgan fingerprint density at radius 1 is 1.24 bits per heavy atom. The first kappa shape index (κ1) is 24.8. The van der Waals surface area contributed by atoms with Gasteiger partial charge in [0.1, 0.15) is 5.60 Å². The van der Waals surface area contributed by atoms with Crippen molar-refractivity contribution in [1.29, 1.82) is 0 Å². The molecule has 0 aromatic heterocycles. The molecule has 3 saturated carbocycles. The Morgan fingerprint density at radius 2 is 1.94 bits per heavy atom. The molecule has 8 atom stereocenters. The number of carboxylic acid groups (broad SMARTS) is 1. The van der Waals surface area contributed by atoms with E-state index >= 15 is 0 Å². The topological polar surface area (TPSA) is 141 Å². The zero-order valence-corrected chi connectivity index (χ0v) is 19.9. The van der Waals surface area contributed by atoms with Gasteiger partial charge in [-0.25, -0.2) is 0 Å². The van der Waals surface area contributed by atoms with E-state index in [-0.39, 0.29) is 42.3 Å². The number of allylic oxidation sites excluding steroid dienone is 4. The number of carboxylic acids is 1. The number of aliphatic hydroxyl groups excluding tert-OH is 1. The van der Waals surface area contributed by atoms with Gasteiger partial charge in [0.05, 0.1) is 12.5 Å². The second kappa shape index (κ2) is 8.41. The van der Waals surface area contributed by atoms with Crippen LogP contribution in [-0.2, 0) is 23.9 Å². The Bertz CT molecular complexity index is 981. The van der Waals surface area contributed by atoms with Gasteiger partial charge in [-0.1, -0.05) is 32.4 Å². The summed E-state index contributed by atoms with van der Waals surface area (Å²) in [5.74, 6) is -2.85. The van der Waals surface area contributed by atoms with Crippen molar-refractivity contribution in [2.24, 2.45) is 34.5 Å². The number of rotatable bonds is 6. The van der Waals surface area contributed by atoms with Crippen molar-refractivity contribution in [2.75, 3.05) is 6.61 Å². The molecule has 4 unspecified atom stereocenters. The fourth-order valence-corrected chi connectivity index (χ4v) is 7.75. The van der Waals surface area contributed by atoms with Crippen LogP contribution in [0.15, 0.2) is 23.8 Å². The largest absolute Gasteiger partial charge is 0.550 e. The Hall–Kier alpha value is -2.32. The first-order valence-corrected chi connectivity index (χ1v) is 12.1. The zero-order valence-electron chi connectivity index (χ0n) is 19.9. The van der Waals surface area contributed by atoms with Crippen LogP contribution in [0.5, 0.6) is 0 Å². The molecule has 0 radical (unpaired) electrons. The highest BCUT2D eigenvalue weighted by atomic mass is 16.5. The van der Waals surface area contributed by atoms with Gasteiger partial charge in [-0.15, -0.1) is 0 Å². The van der Waals surface area contributed by atoms with Gasteiger partial charge in [-0.3, -0.25) is 14.4 Å². The van der Waals surface area contributed by atoms with E-state index < -0.39 is 59.7 Å². The summed E-state index contributed by atoms with van der Waals surface area (Å²) in [6, 6.07) is 0. The van der Waals surface area contributed by atoms with Gasteiger partial charge in [-0.2, -0.15) is 0 Å². The lowest BCUT2D eigenvalue weighted by Gasteiger charge is -2.60. The first-order chi connectivity index (χ1) is 15.8. The van der Waals surface area contributed by atoms with Crippen molar-refractivity contribution in [1.82, 2.24) is 0 Å². The third kappa shape index (κ3) is 3.66. The van der Waals surface area contributed by atoms with Crippen LogP contribution in [-0.4, -0.2) is 52.0 Å². The van der Waals surface area contributed by atoms with E-state index in [2.05, 4.69) is 13.8 Å². The number of hydrogen-bond acceptors (Lipinski definition) is 8. The van der Waals surface area contributed by atoms with Crippen LogP contribution >= 0.6 is 0 Å². The monoisotopic (exact) mass is 473 g/mol. The molecule has 4 rings (SSSR count). The summed E-state index contributed by atoms with van der Waals surface area (Å²) in [5.41, 5.74) is -2.07. The summed E-state index contributed by atoms with van der Waals surface area (Å²) in [6.07, 6.45) is 5.30. The van der Waals surface area contributed by atoms with E-state index in [1.165, 1.54) is 0 Å². The predicted octanol–water partition coefficient (Wildman–Crippen LogP) is 0.885. The number of fused-ring (bicyclic) bond motifs is 5. The molecule has 0 aromatic rings. The average molecular weight is 474 g/mol. The quantitative estimate of drug-likeness (QED) is 0.542. The van der Waals surface area contributed by atoms with Gasteiger partial charge in [0, 0.05) is 22.7 Å². The lowest BCUT2D eigenvalue weighted by molar-refractivity contribution is -0.305. The third-order valence-electron chi connectivity index (χ3n) is 9.33. The van der Waals surface area contributed by atoms with Crippen molar-refractivity contribution >= 4 is 23.5 Å². The normalized spacial score (nSPS) is 42.8. The summed E-state index contributed by atoms with van der Waals surface area (Å²) in [6.45, 7) is 5.36. The second-order valence-corrected chi connectivity index (χ2v) is 11.1. The van der Waals surface area contributed by atoms with Gasteiger partial charge in [0.15, 0.2) is 12.4 Å². The molecule has 8 nitrogen and oxygen atoms in total. The molecule has 0 amide bonds. The molecule has 8 heteroatoms. The van der Waals surface area contributed by atoms with Crippen LogP contribution in [0, 0.1) is 34.5 Å². The third-order valence-corrected chi connectivity index (χ3v) is 9.33. The Labute approximate surface area is 199 Å². The van der Waals surface area contributed by atoms with Crippen molar-refractivity contribution in [3.8, 4) is 0 Å². The van der Waals surface area contributed by atoms with E-state index in [4.69, 9.17) is 4.74 Å². The van der Waals surface area contributed by atoms with Gasteiger partial charge >= 0.3 is 5.97 Å². The van der Waals surface area contributed by atoms with Crippen LogP contribution in [0.25, 0.3) is 0 Å². The summed E-state index contributed by atoms with van der Waals surface area (Å²) in [7, 11) is 0. The Kier molecular flexibility index (Phi) is 6.13. The highest BCUT2D eigenvalue weighted by Gasteiger charge is 2.68. The number of carbonyl (C=O) groups is 4. The Balaban J connectivity index is 1.56. The summed E-state index contributed by atoms with van der Waals surface area (Å²) >= 11 is 0. The minimum absolute atomic E-state index is 0.0181. The number of hydrogen-bond donors (Lipinski definition) is 2. The number of Topliss-reactive ketones (excluding diaryl/α,β-unsaturated/α-hetero) is 1. The smallest absolute Gasteiger partial charge is 0.306 e. The number of aliphatic carboxylic acids is 1. The van der Waals surface area contributed by atoms with E-state index in [1.54, 1.807) is 12.2 Å². The van der Waals surface area contributed by atoms with E-state index in [9.17, 15) is 34.5 Å². The fourth-order valence-electron chi connectivity index (χ4n) is 7.75. The molecule has 0 spiro atoms. The van der Waals surface area contributed by atoms with Gasteiger partial charge < -0.3 is 24.9 Å². The maximum absolute atomic E-state index is 13.1. The number of ketones is 2. The maximum Gasteiger partial charge on any atom is 0.306 e. The van der Waals surface area contributed by atoms with Crippen molar-refractivity contribution in [3.05, 3.63) is 23.8 Å². The van der Waals surface area contributed by atoms with Crippen LogP contribution in [0.4, 0.5) is 0 Å². The molecule has 186 valence electrons. The number of ether oxygens (including phenoxy) is 1. The van der Waals surface area contributed by atoms with E-state index in [1.807, 2.05) is 13.0 Å². The molecule has 2 N–H and O–H groups in total. The van der Waals surface area contributed by atoms with Crippen molar-refractivity contribution in [3.63, 3.8) is 0 Å². The molecule has 34 heavy (non-hydrogen) atoms. The molecule has 0 aliphatic heterocycles. The molecule has 0 aromatic carbocycles. The van der Waals surface area contributed by atoms with Crippen molar-refractivity contribution < 1.29 is 39.2 Å². The van der Waals surface area contributed by atoms with Crippen LogP contribution in [0.1, 0.15) is 59.3 Å². The lowest BCUT2D eigenvalue weighted by atomic mass is 9.45. The number of carbonyl (C=O) groups excluding carboxylic acids is 4. The summed E-state index contributed by atoms with van der Waals surface area (Å²) in [4.78, 5) is 47.5. The maximum atomic E-state index is 13.1. The molecule has 0 bridgehead atoms. The molecule has 0 heterocycles. The number of esters is 1. The highest BCUT2D eigenvalue weighted by Crippen LogP contribution is 2.67. The molecular formula is C26H33O8-. The Morgan fingerprint density at radius 3 is 2.62 bits per heavy atom. The number of aliphatic hydroxyl groups is 2. The molecular weight excluding hydrogens is 440 g/mol. The van der Waals surface area contributed by atoms with Crippen LogP contribution in [0.2, 0.25) is 0 Å². The molecule has 4 aliphatic rings. The first-order valence-electron chi connectivity index (χ1n) is 12.1. The SMILES string of the molecule is C[C@H]1CC2C(C(O)C[C@@]3(C)C2CC[C@]3(O)C(=O)COC(=O)CCC(=O)[O-])[C@@]2(C)C=CC(=O)C=C12. The van der Waals surface area contributed by atoms with Crippen LogP contribution in [0.3, 0.4) is 0 Å². The fraction of sp³-hybridized carbons (Fsp3) is 0.692. The summed E-state index contributed by atoms with van der Waals surface area (Å²) in [5, 5.41) is 33.6. The zero-order chi connectivity index (χ0) is 25.1. The molecule has 0 saturated heterocycles. The van der Waals surface area contributed by atoms with E-state index in [0.29, 0.717) is 6.42 Å². The van der Waals surface area contributed by atoms with Crippen molar-refractivity contribution in [2.45, 2.75) is 71.0 Å². The second-order valence-electron chi connectivity index (χ2n) is 11.1. The molecule has 4 aliphatic carbocycles. The standard InChI is InChI=1S/C26H34O8/c1-14-10-16-17-7-9-26(33,20(29)13-34-22(32)5-4-21(30)31)25(17,3)12-19(28)23(16)24(2)8-6-15(27)11-18(14)24/h6,8,11,14,16-17,19,23,28,33H,4-5,7,9-10,12-13H2,1-3H3,(H,30,31)/p-1/t14-,16?,17?,19?,23?,24-,25-,26-/m0/s1. The minimum atomic E-state index is -1.75. The van der Waals surface area contributed by atoms with Crippen LogP contribution < -0.4 is 5.11 Å². The molecule has 3 fully saturated rings. The van der Waals surface area contributed by atoms with Gasteiger partial charge in [0.2, 0.25) is 5.78 Å². The highest BCUT2D eigenvalue weighted by molar-refractivity contribution is 6.01. The van der Waals surface area contributed by atoms with E-state index in [0.717, 1.165) is 12.0 Å². The average Bonchev–Trinajstić information content (AvgIpc) is 3.03. The van der Waals surface area contributed by atoms with Gasteiger partial charge in [0.25, 0.3) is 0 Å². The summed E-state index contributed by atoms with van der Waals surface area (Å²) < 4.78 is 4.95. The predicted molar refractivity (Wildman–Crippen MR) is 118 cm³/mol. The lowest BCUT2D eigenvalue weighted by Crippen LogP contribution is -2.62. The van der Waals surface area contributed by atoms with Gasteiger partial charge in [-0.05, 0) is 62.0 Å².